The lowest BCUT2D eigenvalue weighted by molar-refractivity contribution is 0.0977. The number of hydrogen-bond acceptors (Lipinski definition) is 3. The van der Waals surface area contributed by atoms with Gasteiger partial charge < -0.3 is 0 Å². The van der Waals surface area contributed by atoms with Crippen molar-refractivity contribution >= 4 is 11.6 Å². The molecule has 1 aromatic heterocycles. The lowest BCUT2D eigenvalue weighted by Gasteiger charge is -2.38. The highest BCUT2D eigenvalue weighted by Crippen LogP contribution is 2.22. The third-order valence-corrected chi connectivity index (χ3v) is 4.84. The predicted molar refractivity (Wildman–Crippen MR) is 91.0 cm³/mol. The molecule has 1 atom stereocenters. The van der Waals surface area contributed by atoms with Crippen molar-refractivity contribution in [2.75, 3.05) is 26.2 Å². The van der Waals surface area contributed by atoms with Crippen LogP contribution in [0.1, 0.15) is 24.1 Å². The Labute approximate surface area is 137 Å². The van der Waals surface area contributed by atoms with E-state index >= 15 is 0 Å². The molecule has 116 valence electrons. The molecule has 1 aliphatic heterocycles. The van der Waals surface area contributed by atoms with Gasteiger partial charge in [0.25, 0.3) is 0 Å². The van der Waals surface area contributed by atoms with E-state index in [1.54, 1.807) is 0 Å². The molecule has 0 spiro atoms. The van der Waals surface area contributed by atoms with Gasteiger partial charge in [0.15, 0.2) is 0 Å². The Morgan fingerprint density at radius 2 is 1.86 bits per heavy atom. The van der Waals surface area contributed by atoms with Gasteiger partial charge in [0.2, 0.25) is 0 Å². The van der Waals surface area contributed by atoms with Gasteiger partial charge in [0.05, 0.1) is 0 Å². The van der Waals surface area contributed by atoms with Crippen molar-refractivity contribution in [3.05, 3.63) is 64.9 Å². The number of nitrogens with zero attached hydrogens (tertiary/aromatic N) is 3. The highest BCUT2D eigenvalue weighted by atomic mass is 35.5. The number of benzene rings is 1. The van der Waals surface area contributed by atoms with Crippen LogP contribution in [-0.4, -0.2) is 41.0 Å². The predicted octanol–water partition coefficient (Wildman–Crippen LogP) is 3.61. The quantitative estimate of drug-likeness (QED) is 0.859. The van der Waals surface area contributed by atoms with E-state index in [-0.39, 0.29) is 0 Å². The van der Waals surface area contributed by atoms with E-state index in [9.17, 15) is 0 Å². The fourth-order valence-electron chi connectivity index (χ4n) is 3.01. The van der Waals surface area contributed by atoms with E-state index in [1.165, 1.54) is 11.1 Å². The number of halogens is 1. The SMILES string of the molecule is CC(c1cccnc1)N1CCN(Cc2ccccc2Cl)CC1. The van der Waals surface area contributed by atoms with Crippen molar-refractivity contribution in [2.24, 2.45) is 0 Å². The fraction of sp³-hybridized carbons (Fsp3) is 0.389. The average Bonchev–Trinajstić information content (AvgIpc) is 2.58. The van der Waals surface area contributed by atoms with Gasteiger partial charge in [0.1, 0.15) is 0 Å². The molecule has 1 aliphatic rings. The molecular formula is C18H22ClN3. The Morgan fingerprint density at radius 3 is 2.55 bits per heavy atom. The number of piperazine rings is 1. The lowest BCUT2D eigenvalue weighted by atomic mass is 10.1. The van der Waals surface area contributed by atoms with Crippen molar-refractivity contribution in [3.8, 4) is 0 Å². The molecule has 3 rings (SSSR count). The summed E-state index contributed by atoms with van der Waals surface area (Å²) in [5.74, 6) is 0. The van der Waals surface area contributed by atoms with Crippen molar-refractivity contribution in [1.29, 1.82) is 0 Å². The molecular weight excluding hydrogens is 294 g/mol. The summed E-state index contributed by atoms with van der Waals surface area (Å²) in [4.78, 5) is 9.24. The largest absolute Gasteiger partial charge is 0.296 e. The summed E-state index contributed by atoms with van der Waals surface area (Å²) < 4.78 is 0. The van der Waals surface area contributed by atoms with Gasteiger partial charge >= 0.3 is 0 Å². The second-order valence-corrected chi connectivity index (χ2v) is 6.27. The highest BCUT2D eigenvalue weighted by Gasteiger charge is 2.22. The van der Waals surface area contributed by atoms with Gasteiger partial charge in [-0.05, 0) is 30.2 Å². The Bertz CT molecular complexity index is 594. The van der Waals surface area contributed by atoms with Crippen LogP contribution in [0.2, 0.25) is 5.02 Å². The lowest BCUT2D eigenvalue weighted by Crippen LogP contribution is -2.46. The summed E-state index contributed by atoms with van der Waals surface area (Å²) in [6.45, 7) is 7.53. The zero-order valence-corrected chi connectivity index (χ0v) is 13.7. The molecule has 0 aliphatic carbocycles. The molecule has 0 N–H and O–H groups in total. The maximum atomic E-state index is 6.26. The van der Waals surface area contributed by atoms with Crippen LogP contribution in [0, 0.1) is 0 Å². The smallest absolute Gasteiger partial charge is 0.0451 e. The van der Waals surface area contributed by atoms with Crippen molar-refractivity contribution < 1.29 is 0 Å². The first-order valence-corrected chi connectivity index (χ1v) is 8.21. The van der Waals surface area contributed by atoms with Gasteiger partial charge in [-0.1, -0.05) is 35.9 Å². The summed E-state index contributed by atoms with van der Waals surface area (Å²) in [5, 5.41) is 0.869. The molecule has 2 aromatic rings. The maximum Gasteiger partial charge on any atom is 0.0451 e. The van der Waals surface area contributed by atoms with E-state index < -0.39 is 0 Å². The van der Waals surface area contributed by atoms with Crippen molar-refractivity contribution in [2.45, 2.75) is 19.5 Å². The van der Waals surface area contributed by atoms with E-state index in [1.807, 2.05) is 30.6 Å². The maximum absolute atomic E-state index is 6.26. The van der Waals surface area contributed by atoms with Gasteiger partial charge in [-0.3, -0.25) is 14.8 Å². The van der Waals surface area contributed by atoms with Crippen LogP contribution in [0.4, 0.5) is 0 Å². The second-order valence-electron chi connectivity index (χ2n) is 5.87. The normalized spacial score (nSPS) is 18.3. The van der Waals surface area contributed by atoms with E-state index in [4.69, 9.17) is 11.6 Å². The van der Waals surface area contributed by atoms with Crippen molar-refractivity contribution in [3.63, 3.8) is 0 Å². The summed E-state index contributed by atoms with van der Waals surface area (Å²) in [6, 6.07) is 12.7. The average molecular weight is 316 g/mol. The molecule has 0 saturated carbocycles. The van der Waals surface area contributed by atoms with Crippen molar-refractivity contribution in [1.82, 2.24) is 14.8 Å². The Kier molecular flexibility index (Phi) is 5.08. The molecule has 1 aromatic carbocycles. The zero-order chi connectivity index (χ0) is 15.4. The molecule has 1 saturated heterocycles. The van der Waals surface area contributed by atoms with Crippen LogP contribution in [0.5, 0.6) is 0 Å². The fourth-order valence-corrected chi connectivity index (χ4v) is 3.21. The minimum absolute atomic E-state index is 0.427. The topological polar surface area (TPSA) is 19.4 Å². The van der Waals surface area contributed by atoms with E-state index in [0.717, 1.165) is 37.7 Å². The number of hydrogen-bond donors (Lipinski definition) is 0. The van der Waals surface area contributed by atoms with Crippen LogP contribution in [0.3, 0.4) is 0 Å². The van der Waals surface area contributed by atoms with Gasteiger partial charge in [0, 0.05) is 56.2 Å². The molecule has 22 heavy (non-hydrogen) atoms. The molecule has 0 radical (unpaired) electrons. The monoisotopic (exact) mass is 315 g/mol. The minimum atomic E-state index is 0.427. The van der Waals surface area contributed by atoms with Crippen LogP contribution < -0.4 is 0 Å². The molecule has 0 bridgehead atoms. The van der Waals surface area contributed by atoms with Crippen LogP contribution in [-0.2, 0) is 6.54 Å². The van der Waals surface area contributed by atoms with E-state index in [0.29, 0.717) is 6.04 Å². The Balaban J connectivity index is 1.55. The standard InChI is InChI=1S/C18H22ClN3/c1-15(16-6-4-8-20-13-16)22-11-9-21(10-12-22)14-17-5-2-3-7-18(17)19/h2-8,13,15H,9-12,14H2,1H3. The molecule has 4 heteroatoms. The van der Waals surface area contributed by atoms with Gasteiger partial charge in [-0.2, -0.15) is 0 Å². The molecule has 0 amide bonds. The summed E-state index contributed by atoms with van der Waals surface area (Å²) in [6.07, 6.45) is 3.80. The second kappa shape index (κ2) is 7.23. The molecule has 1 fully saturated rings. The first-order valence-electron chi connectivity index (χ1n) is 7.84. The number of rotatable bonds is 4. The Hall–Kier alpha value is -1.42. The first-order chi connectivity index (χ1) is 10.7. The third kappa shape index (κ3) is 3.67. The van der Waals surface area contributed by atoms with Gasteiger partial charge in [-0.25, -0.2) is 0 Å². The third-order valence-electron chi connectivity index (χ3n) is 4.47. The van der Waals surface area contributed by atoms with Gasteiger partial charge in [-0.15, -0.1) is 0 Å². The number of pyridine rings is 1. The van der Waals surface area contributed by atoms with E-state index in [2.05, 4.69) is 39.9 Å². The summed E-state index contributed by atoms with van der Waals surface area (Å²) in [7, 11) is 0. The number of aromatic nitrogens is 1. The first kappa shape index (κ1) is 15.5. The minimum Gasteiger partial charge on any atom is -0.296 e. The van der Waals surface area contributed by atoms with Crippen LogP contribution >= 0.6 is 11.6 Å². The zero-order valence-electron chi connectivity index (χ0n) is 13.0. The molecule has 3 nitrogen and oxygen atoms in total. The van der Waals surface area contributed by atoms with Crippen LogP contribution in [0.15, 0.2) is 48.8 Å². The summed E-state index contributed by atoms with van der Waals surface area (Å²) in [5.41, 5.74) is 2.51. The summed E-state index contributed by atoms with van der Waals surface area (Å²) >= 11 is 6.26. The molecule has 1 unspecified atom stereocenters. The van der Waals surface area contributed by atoms with Crippen LogP contribution in [0.25, 0.3) is 0 Å². The molecule has 2 heterocycles. The highest BCUT2D eigenvalue weighted by molar-refractivity contribution is 6.31. The Morgan fingerprint density at radius 1 is 1.09 bits per heavy atom.